The van der Waals surface area contributed by atoms with Crippen molar-refractivity contribution in [3.8, 4) is 11.5 Å². The standard InChI is InChI=1S/C25H27N3O6S/c1-5-27(6-2)35(32,33)20-14-15-23(34-19-12-10-17(3)11-13-19)22(16-20)26-25(29)21-9-7-8-18(4)24(21)28(30)31/h7-16H,5-6H2,1-4H3,(H,26,29). The number of sulfonamides is 1. The Labute approximate surface area is 204 Å². The summed E-state index contributed by atoms with van der Waals surface area (Å²) in [6.07, 6.45) is 0. The molecule has 3 rings (SSSR count). The van der Waals surface area contributed by atoms with Crippen LogP contribution in [0.1, 0.15) is 35.3 Å². The molecular weight excluding hydrogens is 470 g/mol. The summed E-state index contributed by atoms with van der Waals surface area (Å²) in [7, 11) is -3.83. The molecule has 0 saturated carbocycles. The van der Waals surface area contributed by atoms with Crippen LogP contribution in [0.2, 0.25) is 0 Å². The van der Waals surface area contributed by atoms with Gasteiger partial charge in [-0.05, 0) is 50.2 Å². The van der Waals surface area contributed by atoms with E-state index in [9.17, 15) is 23.3 Å². The van der Waals surface area contributed by atoms with E-state index in [1.807, 2.05) is 19.1 Å². The van der Waals surface area contributed by atoms with Crippen LogP contribution in [-0.2, 0) is 10.0 Å². The second-order valence-corrected chi connectivity index (χ2v) is 9.78. The SMILES string of the molecule is CCN(CC)S(=O)(=O)c1ccc(Oc2ccc(C)cc2)c(NC(=O)c2cccc(C)c2[N+](=O)[O-])c1. The number of para-hydroxylation sites is 1. The first-order valence-electron chi connectivity index (χ1n) is 11.0. The number of nitrogens with one attached hydrogen (secondary N) is 1. The Hall–Kier alpha value is -3.76. The summed E-state index contributed by atoms with van der Waals surface area (Å²) in [5.74, 6) is -0.0884. The summed E-state index contributed by atoms with van der Waals surface area (Å²) in [5.41, 5.74) is 0.959. The predicted octanol–water partition coefficient (Wildman–Crippen LogP) is 5.29. The molecule has 0 bridgehead atoms. The summed E-state index contributed by atoms with van der Waals surface area (Å²) in [6.45, 7) is 7.48. The van der Waals surface area contributed by atoms with Gasteiger partial charge in [-0.1, -0.05) is 43.7 Å². The van der Waals surface area contributed by atoms with Gasteiger partial charge in [0.05, 0.1) is 15.5 Å². The molecule has 35 heavy (non-hydrogen) atoms. The topological polar surface area (TPSA) is 119 Å². The van der Waals surface area contributed by atoms with E-state index in [1.54, 1.807) is 32.0 Å². The van der Waals surface area contributed by atoms with E-state index in [1.165, 1.54) is 41.6 Å². The quantitative estimate of drug-likeness (QED) is 0.317. The minimum absolute atomic E-state index is 0.0356. The van der Waals surface area contributed by atoms with Gasteiger partial charge < -0.3 is 10.1 Å². The maximum absolute atomic E-state index is 13.1. The van der Waals surface area contributed by atoms with Crippen LogP contribution in [0, 0.1) is 24.0 Å². The number of carbonyl (C=O) groups is 1. The third-order valence-electron chi connectivity index (χ3n) is 5.46. The molecule has 184 valence electrons. The Morgan fingerprint density at radius 3 is 2.29 bits per heavy atom. The van der Waals surface area contributed by atoms with Crippen molar-refractivity contribution in [3.05, 3.63) is 87.5 Å². The highest BCUT2D eigenvalue weighted by molar-refractivity contribution is 7.89. The van der Waals surface area contributed by atoms with E-state index in [4.69, 9.17) is 4.74 Å². The fraction of sp³-hybridized carbons (Fsp3) is 0.240. The molecule has 0 radical (unpaired) electrons. The molecule has 0 aliphatic carbocycles. The molecule has 3 aromatic carbocycles. The molecule has 0 saturated heterocycles. The molecule has 0 aliphatic heterocycles. The van der Waals surface area contributed by atoms with Crippen molar-refractivity contribution in [1.29, 1.82) is 0 Å². The van der Waals surface area contributed by atoms with E-state index >= 15 is 0 Å². The Balaban J connectivity index is 2.08. The molecule has 1 N–H and O–H groups in total. The second-order valence-electron chi connectivity index (χ2n) is 7.84. The van der Waals surface area contributed by atoms with Crippen molar-refractivity contribution in [3.63, 3.8) is 0 Å². The van der Waals surface area contributed by atoms with Crippen molar-refractivity contribution < 1.29 is 22.9 Å². The second kappa shape index (κ2) is 10.7. The molecule has 0 aromatic heterocycles. The fourth-order valence-corrected chi connectivity index (χ4v) is 5.06. The van der Waals surface area contributed by atoms with Gasteiger partial charge in [-0.2, -0.15) is 4.31 Å². The van der Waals surface area contributed by atoms with E-state index < -0.39 is 20.9 Å². The van der Waals surface area contributed by atoms with Gasteiger partial charge in [0.15, 0.2) is 5.75 Å². The van der Waals surface area contributed by atoms with Crippen LogP contribution in [0.4, 0.5) is 11.4 Å². The molecule has 0 fully saturated rings. The third-order valence-corrected chi connectivity index (χ3v) is 7.50. The summed E-state index contributed by atoms with van der Waals surface area (Å²) < 4.78 is 33.4. The first-order chi connectivity index (χ1) is 16.6. The molecule has 0 heterocycles. The number of nitro groups is 1. The Bertz CT molecular complexity index is 1350. The fourth-order valence-electron chi connectivity index (χ4n) is 3.58. The summed E-state index contributed by atoms with van der Waals surface area (Å²) in [6, 6.07) is 15.8. The van der Waals surface area contributed by atoms with E-state index in [0.29, 0.717) is 11.3 Å². The number of amides is 1. The van der Waals surface area contributed by atoms with Crippen molar-refractivity contribution >= 4 is 27.3 Å². The molecule has 3 aromatic rings. The average Bonchev–Trinajstić information content (AvgIpc) is 2.81. The number of nitrogens with zero attached hydrogens (tertiary/aromatic N) is 2. The number of anilines is 1. The van der Waals surface area contributed by atoms with Crippen LogP contribution < -0.4 is 10.1 Å². The van der Waals surface area contributed by atoms with E-state index in [2.05, 4.69) is 5.32 Å². The normalized spacial score (nSPS) is 11.3. The van der Waals surface area contributed by atoms with Gasteiger partial charge in [-0.3, -0.25) is 14.9 Å². The first kappa shape index (κ1) is 25.9. The van der Waals surface area contributed by atoms with E-state index in [0.717, 1.165) is 5.56 Å². The van der Waals surface area contributed by atoms with Crippen LogP contribution in [0.15, 0.2) is 65.6 Å². The lowest BCUT2D eigenvalue weighted by Crippen LogP contribution is -2.30. The number of ether oxygens (including phenoxy) is 1. The molecular formula is C25H27N3O6S. The highest BCUT2D eigenvalue weighted by atomic mass is 32.2. The maximum Gasteiger partial charge on any atom is 0.285 e. The Kier molecular flexibility index (Phi) is 7.88. The Morgan fingerprint density at radius 1 is 1.03 bits per heavy atom. The van der Waals surface area contributed by atoms with Gasteiger partial charge in [-0.25, -0.2) is 8.42 Å². The lowest BCUT2D eigenvalue weighted by Gasteiger charge is -2.20. The number of benzene rings is 3. The van der Waals surface area contributed by atoms with Crippen LogP contribution in [0.5, 0.6) is 11.5 Å². The van der Waals surface area contributed by atoms with Gasteiger partial charge in [0.1, 0.15) is 11.3 Å². The number of nitro benzene ring substituents is 1. The van der Waals surface area contributed by atoms with Gasteiger partial charge in [0.2, 0.25) is 10.0 Å². The molecule has 0 aliphatic rings. The molecule has 0 atom stereocenters. The number of rotatable bonds is 9. The van der Waals surface area contributed by atoms with E-state index in [-0.39, 0.29) is 40.7 Å². The van der Waals surface area contributed by atoms with Crippen molar-refractivity contribution in [2.75, 3.05) is 18.4 Å². The smallest absolute Gasteiger partial charge is 0.285 e. The molecule has 1 amide bonds. The summed E-state index contributed by atoms with van der Waals surface area (Å²) in [5, 5.41) is 14.2. The van der Waals surface area contributed by atoms with Crippen molar-refractivity contribution in [1.82, 2.24) is 4.31 Å². The van der Waals surface area contributed by atoms with Crippen molar-refractivity contribution in [2.24, 2.45) is 0 Å². The zero-order chi connectivity index (χ0) is 25.8. The molecule has 0 unspecified atom stereocenters. The monoisotopic (exact) mass is 497 g/mol. The minimum atomic E-state index is -3.83. The highest BCUT2D eigenvalue weighted by Crippen LogP contribution is 2.34. The van der Waals surface area contributed by atoms with Gasteiger partial charge in [0, 0.05) is 18.7 Å². The highest BCUT2D eigenvalue weighted by Gasteiger charge is 2.26. The number of hydrogen-bond acceptors (Lipinski definition) is 6. The summed E-state index contributed by atoms with van der Waals surface area (Å²) >= 11 is 0. The maximum atomic E-state index is 13.1. The molecule has 10 heteroatoms. The third kappa shape index (κ3) is 5.67. The van der Waals surface area contributed by atoms with Gasteiger partial charge in [-0.15, -0.1) is 0 Å². The average molecular weight is 498 g/mol. The lowest BCUT2D eigenvalue weighted by atomic mass is 10.1. The van der Waals surface area contributed by atoms with Crippen LogP contribution in [0.3, 0.4) is 0 Å². The van der Waals surface area contributed by atoms with Crippen LogP contribution in [0.25, 0.3) is 0 Å². The summed E-state index contributed by atoms with van der Waals surface area (Å²) in [4.78, 5) is 24.0. The molecule has 9 nitrogen and oxygen atoms in total. The first-order valence-corrected chi connectivity index (χ1v) is 12.5. The number of aryl methyl sites for hydroxylation is 2. The van der Waals surface area contributed by atoms with Crippen LogP contribution >= 0.6 is 0 Å². The zero-order valence-electron chi connectivity index (χ0n) is 19.9. The predicted molar refractivity (Wildman–Crippen MR) is 134 cm³/mol. The van der Waals surface area contributed by atoms with Gasteiger partial charge in [0.25, 0.3) is 11.6 Å². The largest absolute Gasteiger partial charge is 0.455 e. The number of carbonyl (C=O) groups excluding carboxylic acids is 1. The van der Waals surface area contributed by atoms with Crippen molar-refractivity contribution in [2.45, 2.75) is 32.6 Å². The molecule has 0 spiro atoms. The minimum Gasteiger partial charge on any atom is -0.455 e. The van der Waals surface area contributed by atoms with Crippen LogP contribution in [-0.4, -0.2) is 36.6 Å². The lowest BCUT2D eigenvalue weighted by molar-refractivity contribution is -0.385. The zero-order valence-corrected chi connectivity index (χ0v) is 20.8. The Morgan fingerprint density at radius 2 is 1.69 bits per heavy atom. The number of hydrogen-bond donors (Lipinski definition) is 1. The van der Waals surface area contributed by atoms with Gasteiger partial charge >= 0.3 is 0 Å².